The zero-order valence-electron chi connectivity index (χ0n) is 14.4. The normalized spacial score (nSPS) is 19.2. The Kier molecular flexibility index (Phi) is 8.35. The van der Waals surface area contributed by atoms with Crippen LogP contribution in [-0.4, -0.2) is 37.4 Å². The first-order valence-corrected chi connectivity index (χ1v) is 8.29. The van der Waals surface area contributed by atoms with Gasteiger partial charge in [-0.05, 0) is 68.2 Å². The molecule has 0 spiro atoms. The first-order chi connectivity index (χ1) is 10.7. The molecule has 0 amide bonds. The van der Waals surface area contributed by atoms with Crippen molar-refractivity contribution < 1.29 is 9.53 Å². The predicted octanol–water partition coefficient (Wildman–Crippen LogP) is 4.21. The van der Waals surface area contributed by atoms with Crippen LogP contribution >= 0.6 is 12.4 Å². The van der Waals surface area contributed by atoms with E-state index >= 15 is 0 Å². The number of benzene rings is 1. The summed E-state index contributed by atoms with van der Waals surface area (Å²) < 4.78 is 5.16. The van der Waals surface area contributed by atoms with Crippen molar-refractivity contribution in [2.75, 3.05) is 26.7 Å². The molecule has 1 fully saturated rings. The second-order valence-electron chi connectivity index (χ2n) is 5.86. The summed E-state index contributed by atoms with van der Waals surface area (Å²) in [5.41, 5.74) is 2.06. The highest BCUT2D eigenvalue weighted by Gasteiger charge is 2.28. The van der Waals surface area contributed by atoms with Crippen molar-refractivity contribution in [2.45, 2.75) is 33.1 Å². The van der Waals surface area contributed by atoms with Crippen LogP contribution in [0.2, 0.25) is 0 Å². The van der Waals surface area contributed by atoms with E-state index in [9.17, 15) is 4.79 Å². The molecule has 0 aromatic heterocycles. The number of rotatable bonds is 7. The highest BCUT2D eigenvalue weighted by molar-refractivity contribution is 6.03. The van der Waals surface area contributed by atoms with E-state index in [1.165, 1.54) is 0 Å². The van der Waals surface area contributed by atoms with Gasteiger partial charge in [-0.2, -0.15) is 0 Å². The Labute approximate surface area is 146 Å². The quantitative estimate of drug-likeness (QED) is 0.698. The molecule has 1 aliphatic carbocycles. The SMILES string of the molecule is CCN(CC)CCC1CCC(=Cc2ccc(OC)cc2)C1=O.Cl. The van der Waals surface area contributed by atoms with Crippen LogP contribution in [0.3, 0.4) is 0 Å². The summed E-state index contributed by atoms with van der Waals surface area (Å²) in [5, 5.41) is 0. The number of carbonyl (C=O) groups excluding carboxylic acids is 1. The number of allylic oxidation sites excluding steroid dienone is 1. The molecule has 0 saturated heterocycles. The van der Waals surface area contributed by atoms with Crippen LogP contribution in [0.5, 0.6) is 5.75 Å². The minimum Gasteiger partial charge on any atom is -0.497 e. The number of Topliss-reactive ketones (excluding diaryl/α,β-unsaturated/α-hetero) is 1. The third kappa shape index (κ3) is 5.36. The smallest absolute Gasteiger partial charge is 0.162 e. The van der Waals surface area contributed by atoms with Gasteiger partial charge in [0, 0.05) is 5.92 Å². The maximum atomic E-state index is 12.5. The van der Waals surface area contributed by atoms with Crippen LogP contribution in [0.4, 0.5) is 0 Å². The van der Waals surface area contributed by atoms with Gasteiger partial charge in [0.2, 0.25) is 0 Å². The van der Waals surface area contributed by atoms with Crippen molar-refractivity contribution in [3.05, 3.63) is 35.4 Å². The maximum absolute atomic E-state index is 12.5. The number of halogens is 1. The molecule has 0 radical (unpaired) electrons. The number of hydrogen-bond donors (Lipinski definition) is 0. The van der Waals surface area contributed by atoms with Crippen LogP contribution in [0, 0.1) is 5.92 Å². The van der Waals surface area contributed by atoms with Crippen LogP contribution in [0.1, 0.15) is 38.7 Å². The lowest BCUT2D eigenvalue weighted by molar-refractivity contribution is -0.118. The van der Waals surface area contributed by atoms with E-state index in [0.717, 1.165) is 55.8 Å². The molecule has 0 bridgehead atoms. The zero-order valence-corrected chi connectivity index (χ0v) is 15.2. The lowest BCUT2D eigenvalue weighted by Crippen LogP contribution is -2.26. The molecule has 1 unspecified atom stereocenters. The summed E-state index contributed by atoms with van der Waals surface area (Å²) in [5.74, 6) is 1.41. The van der Waals surface area contributed by atoms with Gasteiger partial charge in [-0.1, -0.05) is 26.0 Å². The Morgan fingerprint density at radius 3 is 2.43 bits per heavy atom. The van der Waals surface area contributed by atoms with E-state index < -0.39 is 0 Å². The molecule has 23 heavy (non-hydrogen) atoms. The summed E-state index contributed by atoms with van der Waals surface area (Å²) in [6.45, 7) is 7.50. The topological polar surface area (TPSA) is 29.5 Å². The number of hydrogen-bond acceptors (Lipinski definition) is 3. The molecule has 2 rings (SSSR count). The van der Waals surface area contributed by atoms with E-state index in [0.29, 0.717) is 5.78 Å². The van der Waals surface area contributed by atoms with Crippen molar-refractivity contribution in [3.8, 4) is 5.75 Å². The second-order valence-corrected chi connectivity index (χ2v) is 5.86. The van der Waals surface area contributed by atoms with Crippen molar-refractivity contribution in [2.24, 2.45) is 5.92 Å². The molecule has 1 aromatic carbocycles. The van der Waals surface area contributed by atoms with Crippen LogP contribution in [-0.2, 0) is 4.79 Å². The third-order valence-corrected chi connectivity index (χ3v) is 4.59. The van der Waals surface area contributed by atoms with Gasteiger partial charge in [0.25, 0.3) is 0 Å². The fourth-order valence-corrected chi connectivity index (χ4v) is 3.04. The second kappa shape index (κ2) is 9.74. The molecule has 1 aliphatic rings. The minimum absolute atomic E-state index is 0. The summed E-state index contributed by atoms with van der Waals surface area (Å²) in [6, 6.07) is 7.87. The van der Waals surface area contributed by atoms with E-state index in [1.54, 1.807) is 7.11 Å². The molecule has 1 atom stereocenters. The average molecular weight is 338 g/mol. The molecule has 0 heterocycles. The van der Waals surface area contributed by atoms with Crippen molar-refractivity contribution >= 4 is 24.3 Å². The Bertz CT molecular complexity index is 521. The molecule has 3 nitrogen and oxygen atoms in total. The van der Waals surface area contributed by atoms with E-state index in [2.05, 4.69) is 18.7 Å². The van der Waals surface area contributed by atoms with Gasteiger partial charge in [0.15, 0.2) is 5.78 Å². The molecule has 0 N–H and O–H groups in total. The van der Waals surface area contributed by atoms with E-state index in [1.807, 2.05) is 30.3 Å². The summed E-state index contributed by atoms with van der Waals surface area (Å²) in [4.78, 5) is 14.9. The van der Waals surface area contributed by atoms with Crippen LogP contribution in [0.15, 0.2) is 29.8 Å². The average Bonchev–Trinajstić information content (AvgIpc) is 2.90. The van der Waals surface area contributed by atoms with Gasteiger partial charge in [-0.15, -0.1) is 12.4 Å². The molecule has 128 valence electrons. The first kappa shape index (κ1) is 19.7. The fraction of sp³-hybridized carbons (Fsp3) is 0.526. The molecular weight excluding hydrogens is 310 g/mol. The highest BCUT2D eigenvalue weighted by Crippen LogP contribution is 2.31. The number of methoxy groups -OCH3 is 1. The lowest BCUT2D eigenvalue weighted by Gasteiger charge is -2.19. The lowest BCUT2D eigenvalue weighted by atomic mass is 10.0. The number of nitrogens with zero attached hydrogens (tertiary/aromatic N) is 1. The van der Waals surface area contributed by atoms with Crippen molar-refractivity contribution in [3.63, 3.8) is 0 Å². The van der Waals surface area contributed by atoms with Gasteiger partial charge in [0.1, 0.15) is 5.75 Å². The highest BCUT2D eigenvalue weighted by atomic mass is 35.5. The molecule has 1 aromatic rings. The Morgan fingerprint density at radius 2 is 1.87 bits per heavy atom. The monoisotopic (exact) mass is 337 g/mol. The Morgan fingerprint density at radius 1 is 1.22 bits per heavy atom. The first-order valence-electron chi connectivity index (χ1n) is 8.29. The Hall–Kier alpha value is -1.32. The van der Waals surface area contributed by atoms with Gasteiger partial charge in [-0.3, -0.25) is 4.79 Å². The molecule has 0 aliphatic heterocycles. The molecule has 4 heteroatoms. The fourth-order valence-electron chi connectivity index (χ4n) is 3.04. The number of ether oxygens (including phenoxy) is 1. The summed E-state index contributed by atoms with van der Waals surface area (Å²) >= 11 is 0. The summed E-state index contributed by atoms with van der Waals surface area (Å²) in [7, 11) is 1.66. The van der Waals surface area contributed by atoms with Gasteiger partial charge in [0.05, 0.1) is 7.11 Å². The zero-order chi connectivity index (χ0) is 15.9. The van der Waals surface area contributed by atoms with Crippen LogP contribution in [0.25, 0.3) is 6.08 Å². The van der Waals surface area contributed by atoms with E-state index in [-0.39, 0.29) is 18.3 Å². The Balaban J connectivity index is 0.00000264. The minimum atomic E-state index is 0. The number of ketones is 1. The molecule has 1 saturated carbocycles. The summed E-state index contributed by atoms with van der Waals surface area (Å²) in [6.07, 6.45) is 4.94. The standard InChI is InChI=1S/C19H27NO2.ClH/c1-4-20(5-2)13-12-16-8-9-17(19(16)21)14-15-6-10-18(22-3)11-7-15;/h6-7,10-11,14,16H,4-5,8-9,12-13H2,1-3H3;1H. The van der Waals surface area contributed by atoms with Crippen molar-refractivity contribution in [1.82, 2.24) is 4.90 Å². The number of carbonyl (C=O) groups is 1. The molecular formula is C19H28ClNO2. The van der Waals surface area contributed by atoms with Crippen LogP contribution < -0.4 is 4.74 Å². The third-order valence-electron chi connectivity index (χ3n) is 4.59. The van der Waals surface area contributed by atoms with Gasteiger partial charge >= 0.3 is 0 Å². The van der Waals surface area contributed by atoms with Gasteiger partial charge in [-0.25, -0.2) is 0 Å². The largest absolute Gasteiger partial charge is 0.497 e. The predicted molar refractivity (Wildman–Crippen MR) is 98.4 cm³/mol. The van der Waals surface area contributed by atoms with Crippen molar-refractivity contribution in [1.29, 1.82) is 0 Å². The maximum Gasteiger partial charge on any atom is 0.162 e. The van der Waals surface area contributed by atoms with E-state index in [4.69, 9.17) is 4.74 Å². The van der Waals surface area contributed by atoms with Gasteiger partial charge < -0.3 is 9.64 Å².